The number of hydrogen-bond donors (Lipinski definition) is 2. The van der Waals surface area contributed by atoms with Crippen molar-refractivity contribution in [2.75, 3.05) is 5.32 Å². The number of halogens is 1. The summed E-state index contributed by atoms with van der Waals surface area (Å²) in [6.45, 7) is 5.57. The van der Waals surface area contributed by atoms with Gasteiger partial charge in [0.25, 0.3) is 5.91 Å². The monoisotopic (exact) mass is 410 g/mol. The first-order valence-electron chi connectivity index (χ1n) is 10.4. The molecule has 158 valence electrons. The molecule has 0 atom stereocenters. The predicted octanol–water partition coefficient (Wildman–Crippen LogP) is 4.80. The zero-order valence-electron chi connectivity index (χ0n) is 17.5. The van der Waals surface area contributed by atoms with Crippen LogP contribution in [0.1, 0.15) is 68.5 Å². The highest BCUT2D eigenvalue weighted by atomic mass is 19.1. The summed E-state index contributed by atoms with van der Waals surface area (Å²) in [5.74, 6) is -0.603. The molecule has 6 nitrogen and oxygen atoms in total. The number of anilines is 1. The fourth-order valence-corrected chi connectivity index (χ4v) is 4.13. The van der Waals surface area contributed by atoms with E-state index in [-0.39, 0.29) is 5.69 Å². The number of fused-ring (bicyclic) bond motifs is 1. The molecule has 2 heterocycles. The maximum atomic E-state index is 14.0. The van der Waals surface area contributed by atoms with Gasteiger partial charge in [0.1, 0.15) is 0 Å². The zero-order valence-corrected chi connectivity index (χ0v) is 17.5. The second-order valence-corrected chi connectivity index (χ2v) is 8.83. The molecule has 0 radical (unpaired) electrons. The van der Waals surface area contributed by atoms with Gasteiger partial charge in [-0.15, -0.1) is 0 Å². The van der Waals surface area contributed by atoms with Crippen molar-refractivity contribution in [3.8, 4) is 0 Å². The largest absolute Gasteiger partial charge is 0.386 e. The summed E-state index contributed by atoms with van der Waals surface area (Å²) in [5, 5.41) is 19.0. The van der Waals surface area contributed by atoms with Gasteiger partial charge in [0.15, 0.2) is 11.5 Å². The van der Waals surface area contributed by atoms with Crippen LogP contribution < -0.4 is 5.32 Å². The highest BCUT2D eigenvalue weighted by molar-refractivity contribution is 6.04. The van der Waals surface area contributed by atoms with Crippen LogP contribution in [0.5, 0.6) is 0 Å². The standard InChI is InChI=1S/C23H27FN4O2/c1-14-6-8-16(9-7-14)28-13-15-11-20(17(23(2,3)30)12-19(15)27-28)26-22(29)21-18(24)5-4-10-25-21/h4-5,10-14,16,30H,6-9H2,1-3H3,(H,26,29)/t14-,16-. The molecule has 1 aliphatic carbocycles. The number of pyridine rings is 1. The van der Waals surface area contributed by atoms with Crippen molar-refractivity contribution in [2.24, 2.45) is 5.92 Å². The van der Waals surface area contributed by atoms with Crippen LogP contribution in [-0.2, 0) is 5.60 Å². The number of aliphatic hydroxyl groups is 1. The Morgan fingerprint density at radius 1 is 1.27 bits per heavy atom. The lowest BCUT2D eigenvalue weighted by atomic mass is 9.87. The number of aromatic nitrogens is 3. The molecule has 1 fully saturated rings. The molecule has 0 spiro atoms. The average Bonchev–Trinajstić information content (AvgIpc) is 3.10. The topological polar surface area (TPSA) is 80.0 Å². The third-order valence-corrected chi connectivity index (χ3v) is 5.90. The van der Waals surface area contributed by atoms with Crippen molar-refractivity contribution in [1.29, 1.82) is 0 Å². The van der Waals surface area contributed by atoms with E-state index in [0.29, 0.717) is 17.3 Å². The normalized spacial score (nSPS) is 19.8. The summed E-state index contributed by atoms with van der Waals surface area (Å²) in [6.07, 6.45) is 7.92. The van der Waals surface area contributed by atoms with Gasteiger partial charge in [0.2, 0.25) is 0 Å². The molecule has 1 saturated carbocycles. The number of nitrogens with one attached hydrogen (secondary N) is 1. The van der Waals surface area contributed by atoms with E-state index in [1.54, 1.807) is 26.0 Å². The van der Waals surface area contributed by atoms with Crippen molar-refractivity contribution in [2.45, 2.75) is 58.1 Å². The van der Waals surface area contributed by atoms with Crippen LogP contribution in [0.3, 0.4) is 0 Å². The molecule has 0 unspecified atom stereocenters. The van der Waals surface area contributed by atoms with E-state index in [0.717, 1.165) is 29.7 Å². The second kappa shape index (κ2) is 7.80. The number of benzene rings is 1. The van der Waals surface area contributed by atoms with Gasteiger partial charge in [-0.1, -0.05) is 6.92 Å². The summed E-state index contributed by atoms with van der Waals surface area (Å²) in [7, 11) is 0. The van der Waals surface area contributed by atoms with Crippen LogP contribution in [0.2, 0.25) is 0 Å². The van der Waals surface area contributed by atoms with Crippen LogP contribution in [0, 0.1) is 11.7 Å². The highest BCUT2D eigenvalue weighted by Crippen LogP contribution is 2.35. The van der Waals surface area contributed by atoms with Crippen molar-refractivity contribution in [3.05, 3.63) is 53.7 Å². The molecule has 2 N–H and O–H groups in total. The Balaban J connectivity index is 1.71. The molecule has 3 aromatic rings. The zero-order chi connectivity index (χ0) is 21.5. The molecule has 1 aromatic carbocycles. The summed E-state index contributed by atoms with van der Waals surface area (Å²) < 4.78 is 16.0. The van der Waals surface area contributed by atoms with Crippen LogP contribution >= 0.6 is 0 Å². The molecule has 0 bridgehead atoms. The summed E-state index contributed by atoms with van der Waals surface area (Å²) in [5.41, 5.74) is 0.187. The first-order chi connectivity index (χ1) is 14.2. The number of hydrogen-bond acceptors (Lipinski definition) is 4. The molecular weight excluding hydrogens is 383 g/mol. The molecule has 2 aromatic heterocycles. The summed E-state index contributed by atoms with van der Waals surface area (Å²) in [4.78, 5) is 16.5. The van der Waals surface area contributed by atoms with Gasteiger partial charge < -0.3 is 10.4 Å². The maximum absolute atomic E-state index is 14.0. The van der Waals surface area contributed by atoms with Crippen molar-refractivity contribution < 1.29 is 14.3 Å². The Morgan fingerprint density at radius 2 is 2.00 bits per heavy atom. The lowest BCUT2D eigenvalue weighted by molar-refractivity contribution is 0.0793. The van der Waals surface area contributed by atoms with E-state index >= 15 is 0 Å². The van der Waals surface area contributed by atoms with Gasteiger partial charge in [-0.25, -0.2) is 9.37 Å². The van der Waals surface area contributed by atoms with Gasteiger partial charge in [-0.3, -0.25) is 9.48 Å². The Hall–Kier alpha value is -2.80. The Labute approximate surface area is 175 Å². The molecule has 7 heteroatoms. The van der Waals surface area contributed by atoms with Crippen molar-refractivity contribution in [1.82, 2.24) is 14.8 Å². The van der Waals surface area contributed by atoms with E-state index in [1.165, 1.54) is 31.2 Å². The third-order valence-electron chi connectivity index (χ3n) is 5.90. The number of carbonyl (C=O) groups excluding carboxylic acids is 1. The third kappa shape index (κ3) is 4.07. The molecule has 0 saturated heterocycles. The summed E-state index contributed by atoms with van der Waals surface area (Å²) >= 11 is 0. The smallest absolute Gasteiger partial charge is 0.277 e. The van der Waals surface area contributed by atoms with Crippen LogP contribution in [-0.4, -0.2) is 25.8 Å². The molecule has 1 aliphatic rings. The van der Waals surface area contributed by atoms with Crippen LogP contribution in [0.4, 0.5) is 10.1 Å². The highest BCUT2D eigenvalue weighted by Gasteiger charge is 2.25. The van der Waals surface area contributed by atoms with E-state index in [9.17, 15) is 14.3 Å². The molecule has 30 heavy (non-hydrogen) atoms. The average molecular weight is 410 g/mol. The van der Waals surface area contributed by atoms with Crippen molar-refractivity contribution >= 4 is 22.5 Å². The van der Waals surface area contributed by atoms with E-state index in [1.807, 2.05) is 10.9 Å². The number of rotatable bonds is 4. The first kappa shape index (κ1) is 20.5. The Kier molecular flexibility index (Phi) is 5.32. The minimum atomic E-state index is -1.22. The number of nitrogens with zero attached hydrogens (tertiary/aromatic N) is 3. The molecule has 1 amide bonds. The second-order valence-electron chi connectivity index (χ2n) is 8.83. The van der Waals surface area contributed by atoms with Gasteiger partial charge in [0.05, 0.1) is 17.2 Å². The molecular formula is C23H27FN4O2. The van der Waals surface area contributed by atoms with E-state index in [2.05, 4.69) is 17.2 Å². The van der Waals surface area contributed by atoms with Crippen LogP contribution in [0.25, 0.3) is 10.9 Å². The van der Waals surface area contributed by atoms with Gasteiger partial charge in [-0.2, -0.15) is 5.10 Å². The maximum Gasteiger partial charge on any atom is 0.277 e. The Bertz CT molecular complexity index is 1080. The van der Waals surface area contributed by atoms with Gasteiger partial charge in [-0.05, 0) is 69.7 Å². The van der Waals surface area contributed by atoms with Gasteiger partial charge in [0, 0.05) is 29.0 Å². The van der Waals surface area contributed by atoms with E-state index in [4.69, 9.17) is 5.10 Å². The lowest BCUT2D eigenvalue weighted by Crippen LogP contribution is -2.22. The predicted molar refractivity (Wildman–Crippen MR) is 114 cm³/mol. The lowest BCUT2D eigenvalue weighted by Gasteiger charge is -2.26. The minimum Gasteiger partial charge on any atom is -0.386 e. The van der Waals surface area contributed by atoms with Crippen LogP contribution in [0.15, 0.2) is 36.7 Å². The van der Waals surface area contributed by atoms with Crippen molar-refractivity contribution in [3.63, 3.8) is 0 Å². The first-order valence-corrected chi connectivity index (χ1v) is 10.4. The Morgan fingerprint density at radius 3 is 2.67 bits per heavy atom. The fraction of sp³-hybridized carbons (Fsp3) is 0.435. The quantitative estimate of drug-likeness (QED) is 0.647. The van der Waals surface area contributed by atoms with E-state index < -0.39 is 17.3 Å². The fourth-order valence-electron chi connectivity index (χ4n) is 4.13. The number of carbonyl (C=O) groups is 1. The molecule has 4 rings (SSSR count). The minimum absolute atomic E-state index is 0.286. The molecule has 0 aliphatic heterocycles. The summed E-state index contributed by atoms with van der Waals surface area (Å²) in [6, 6.07) is 6.57. The van der Waals surface area contributed by atoms with Gasteiger partial charge >= 0.3 is 0 Å². The number of amides is 1. The SMILES string of the molecule is CC(C)(O)c1cc2nn([C@H]3CC[C@H](C)CC3)cc2cc1NC(=O)c1ncccc1F.